The number of hydrogen-bond acceptors (Lipinski definition) is 7. The van der Waals surface area contributed by atoms with Gasteiger partial charge in [-0.3, -0.25) is 5.43 Å². The molecule has 0 spiro atoms. The third-order valence-electron chi connectivity index (χ3n) is 5.87. The number of sulfonamides is 1. The van der Waals surface area contributed by atoms with Crippen LogP contribution in [0.2, 0.25) is 0 Å². The van der Waals surface area contributed by atoms with E-state index in [0.717, 1.165) is 18.5 Å². The van der Waals surface area contributed by atoms with Gasteiger partial charge < -0.3 is 19.7 Å². The molecule has 2 aliphatic rings. The lowest BCUT2D eigenvalue weighted by molar-refractivity contribution is 0.0730. The van der Waals surface area contributed by atoms with Gasteiger partial charge in [0.1, 0.15) is 0 Å². The Morgan fingerprint density at radius 2 is 1.75 bits per heavy atom. The van der Waals surface area contributed by atoms with Crippen molar-refractivity contribution in [1.29, 1.82) is 0 Å². The molecule has 9 nitrogen and oxygen atoms in total. The van der Waals surface area contributed by atoms with E-state index in [-0.39, 0.29) is 10.0 Å². The van der Waals surface area contributed by atoms with Gasteiger partial charge in [-0.2, -0.15) is 9.41 Å². The zero-order valence-corrected chi connectivity index (χ0v) is 23.0. The predicted octanol–water partition coefficient (Wildman–Crippen LogP) is 3.51. The minimum Gasteiger partial charge on any atom is -0.379 e. The summed E-state index contributed by atoms with van der Waals surface area (Å²) in [5, 5.41) is 7.61. The van der Waals surface area contributed by atoms with Gasteiger partial charge in [0.15, 0.2) is 5.11 Å². The number of hydrogen-bond donors (Lipinski definition) is 2. The van der Waals surface area contributed by atoms with Gasteiger partial charge in [0.2, 0.25) is 10.0 Å². The summed E-state index contributed by atoms with van der Waals surface area (Å²) >= 11 is 5.45. The summed E-state index contributed by atoms with van der Waals surface area (Å²) in [6.07, 6.45) is 7.80. The van der Waals surface area contributed by atoms with Crippen LogP contribution in [-0.4, -0.2) is 76.7 Å². The van der Waals surface area contributed by atoms with E-state index in [0.29, 0.717) is 58.3 Å². The number of nitrogens with zero attached hydrogens (tertiary/aromatic N) is 3. The van der Waals surface area contributed by atoms with E-state index in [1.54, 1.807) is 18.3 Å². The lowest BCUT2D eigenvalue weighted by Gasteiger charge is -2.31. The Bertz CT molecular complexity index is 1090. The first-order valence-corrected chi connectivity index (χ1v) is 14.1. The average Bonchev–Trinajstić information content (AvgIpc) is 2.87. The Morgan fingerprint density at radius 3 is 2.42 bits per heavy atom. The number of anilines is 2. The van der Waals surface area contributed by atoms with Gasteiger partial charge >= 0.3 is 0 Å². The largest absolute Gasteiger partial charge is 0.379 e. The molecule has 0 unspecified atom stereocenters. The van der Waals surface area contributed by atoms with Crippen LogP contribution in [0, 0.1) is 0 Å². The van der Waals surface area contributed by atoms with Gasteiger partial charge in [0.05, 0.1) is 42.7 Å². The molecule has 2 aliphatic heterocycles. The van der Waals surface area contributed by atoms with Crippen molar-refractivity contribution >= 4 is 44.9 Å². The van der Waals surface area contributed by atoms with E-state index in [1.807, 2.05) is 12.1 Å². The minimum atomic E-state index is -3.65. The molecule has 1 aromatic carbocycles. The van der Waals surface area contributed by atoms with Crippen molar-refractivity contribution in [3.05, 3.63) is 41.5 Å². The standard InChI is InChI=1S/C25H37N5O4S2/c1-20(2)5-4-6-21(3)9-10-26-28-25(35)27-23-19-22(36(31,32)30-13-17-34-18-14-30)7-8-24(23)29-11-15-33-16-12-29/h5,7-10,19H,4,6,11-18H2,1-3H3,(H2,27,28,35)/b21-9+,26-10-. The molecular formula is C25H37N5O4S2. The molecule has 2 fully saturated rings. The summed E-state index contributed by atoms with van der Waals surface area (Å²) in [6.45, 7) is 10.4. The predicted molar refractivity (Wildman–Crippen MR) is 149 cm³/mol. The number of benzene rings is 1. The molecule has 0 aromatic heterocycles. The molecule has 11 heteroatoms. The maximum Gasteiger partial charge on any atom is 0.243 e. The van der Waals surface area contributed by atoms with Crippen molar-refractivity contribution in [2.24, 2.45) is 5.10 Å². The number of rotatable bonds is 9. The van der Waals surface area contributed by atoms with E-state index in [4.69, 9.17) is 21.7 Å². The normalized spacial score (nSPS) is 17.8. The molecule has 1 aromatic rings. The van der Waals surface area contributed by atoms with Gasteiger partial charge in [0, 0.05) is 32.4 Å². The minimum absolute atomic E-state index is 0.213. The molecule has 198 valence electrons. The molecule has 2 heterocycles. The first kappa shape index (κ1) is 28.3. The molecular weight excluding hydrogens is 498 g/mol. The molecule has 3 rings (SSSR count). The maximum atomic E-state index is 13.2. The molecule has 0 radical (unpaired) electrons. The van der Waals surface area contributed by atoms with Gasteiger partial charge in [0.25, 0.3) is 0 Å². The third kappa shape index (κ3) is 8.38. The van der Waals surface area contributed by atoms with Crippen molar-refractivity contribution in [3.63, 3.8) is 0 Å². The van der Waals surface area contributed by atoms with Crippen LogP contribution in [0.1, 0.15) is 33.6 Å². The average molecular weight is 536 g/mol. The van der Waals surface area contributed by atoms with E-state index in [9.17, 15) is 8.42 Å². The highest BCUT2D eigenvalue weighted by Crippen LogP contribution is 2.31. The zero-order valence-electron chi connectivity index (χ0n) is 21.3. The van der Waals surface area contributed by atoms with Crippen molar-refractivity contribution in [2.45, 2.75) is 38.5 Å². The quantitative estimate of drug-likeness (QED) is 0.215. The first-order chi connectivity index (χ1) is 17.3. The summed E-state index contributed by atoms with van der Waals surface area (Å²) < 4.78 is 38.7. The fourth-order valence-corrected chi connectivity index (χ4v) is 5.47. The Hall–Kier alpha value is -2.31. The Balaban J connectivity index is 1.72. The molecule has 36 heavy (non-hydrogen) atoms. The number of allylic oxidation sites excluding steroid dienone is 4. The molecule has 2 N–H and O–H groups in total. The summed E-state index contributed by atoms with van der Waals surface area (Å²) in [5.74, 6) is 0. The molecule has 2 saturated heterocycles. The van der Waals surface area contributed by atoms with Crippen molar-refractivity contribution < 1.29 is 17.9 Å². The van der Waals surface area contributed by atoms with E-state index < -0.39 is 10.0 Å². The summed E-state index contributed by atoms with van der Waals surface area (Å²) in [7, 11) is -3.65. The van der Waals surface area contributed by atoms with Crippen LogP contribution in [0.25, 0.3) is 0 Å². The fourth-order valence-electron chi connectivity index (χ4n) is 3.87. The van der Waals surface area contributed by atoms with Crippen molar-refractivity contribution in [1.82, 2.24) is 9.73 Å². The summed E-state index contributed by atoms with van der Waals surface area (Å²) in [4.78, 5) is 2.37. The van der Waals surface area contributed by atoms with E-state index >= 15 is 0 Å². The first-order valence-electron chi connectivity index (χ1n) is 12.2. The molecule has 0 amide bonds. The Labute approximate surface area is 220 Å². The highest BCUT2D eigenvalue weighted by Gasteiger charge is 2.28. The molecule has 0 atom stereocenters. The number of morpholine rings is 2. The van der Waals surface area contributed by atoms with E-state index in [2.05, 4.69) is 47.6 Å². The number of ether oxygens (including phenoxy) is 2. The fraction of sp³-hybridized carbons (Fsp3) is 0.520. The van der Waals surface area contributed by atoms with E-state index in [1.165, 1.54) is 15.5 Å². The second kappa shape index (κ2) is 13.8. The summed E-state index contributed by atoms with van der Waals surface area (Å²) in [6, 6.07) is 5.12. The lowest BCUT2D eigenvalue weighted by Crippen LogP contribution is -2.40. The van der Waals surface area contributed by atoms with Gasteiger partial charge in [-0.15, -0.1) is 0 Å². The number of hydrazone groups is 1. The molecule has 0 saturated carbocycles. The Kier molecular flexibility index (Phi) is 10.9. The Morgan fingerprint density at radius 1 is 1.08 bits per heavy atom. The third-order valence-corrected chi connectivity index (χ3v) is 7.95. The monoisotopic (exact) mass is 535 g/mol. The molecule has 0 bridgehead atoms. The topological polar surface area (TPSA) is 95.5 Å². The molecule has 0 aliphatic carbocycles. The van der Waals surface area contributed by atoms with Gasteiger partial charge in [-0.05, 0) is 70.1 Å². The van der Waals surface area contributed by atoms with Crippen LogP contribution < -0.4 is 15.6 Å². The summed E-state index contributed by atoms with van der Waals surface area (Å²) in [5.41, 5.74) is 6.82. The van der Waals surface area contributed by atoms with Gasteiger partial charge in [-0.1, -0.05) is 17.2 Å². The SMILES string of the molecule is CC(C)=CCC/C(C)=C/C=N\NC(=S)Nc1cc(S(=O)(=O)N2CCOCC2)ccc1N1CCOCC1. The van der Waals surface area contributed by atoms with Crippen molar-refractivity contribution in [3.8, 4) is 0 Å². The smallest absolute Gasteiger partial charge is 0.243 e. The van der Waals surface area contributed by atoms with Crippen LogP contribution in [0.4, 0.5) is 11.4 Å². The second-order valence-corrected chi connectivity index (χ2v) is 11.3. The second-order valence-electron chi connectivity index (χ2n) is 8.97. The number of thiocarbonyl (C=S) groups is 1. The number of nitrogens with one attached hydrogen (secondary N) is 2. The van der Waals surface area contributed by atoms with Gasteiger partial charge in [-0.25, -0.2) is 8.42 Å². The zero-order chi connectivity index (χ0) is 26.0. The van der Waals surface area contributed by atoms with Crippen LogP contribution >= 0.6 is 12.2 Å². The van der Waals surface area contributed by atoms with Crippen LogP contribution in [0.15, 0.2) is 51.5 Å². The van der Waals surface area contributed by atoms with Crippen LogP contribution in [0.3, 0.4) is 0 Å². The maximum absolute atomic E-state index is 13.2. The lowest BCUT2D eigenvalue weighted by atomic mass is 10.1. The highest BCUT2D eigenvalue weighted by atomic mass is 32.2. The van der Waals surface area contributed by atoms with Crippen LogP contribution in [-0.2, 0) is 19.5 Å². The van der Waals surface area contributed by atoms with Crippen LogP contribution in [0.5, 0.6) is 0 Å². The highest BCUT2D eigenvalue weighted by molar-refractivity contribution is 7.89. The van der Waals surface area contributed by atoms with Crippen molar-refractivity contribution in [2.75, 3.05) is 62.8 Å².